The number of benzene rings is 2. The SMILES string of the molecule is CCSC(=O)C(NC(=O)OCc1ccccc1)c1ccccc1. The summed E-state index contributed by atoms with van der Waals surface area (Å²) in [6, 6.07) is 17.9. The Balaban J connectivity index is 1.99. The lowest BCUT2D eigenvalue weighted by molar-refractivity contribution is -0.112. The van der Waals surface area contributed by atoms with Gasteiger partial charge in [0.05, 0.1) is 0 Å². The average Bonchev–Trinajstić information content (AvgIpc) is 2.59. The Hall–Kier alpha value is -2.27. The normalized spacial score (nSPS) is 11.5. The third-order valence-electron chi connectivity index (χ3n) is 3.13. The first-order valence-corrected chi connectivity index (χ1v) is 8.38. The van der Waals surface area contributed by atoms with Gasteiger partial charge in [0.2, 0.25) is 5.12 Å². The molecule has 0 saturated carbocycles. The van der Waals surface area contributed by atoms with Gasteiger partial charge in [0.1, 0.15) is 12.6 Å². The van der Waals surface area contributed by atoms with Gasteiger partial charge >= 0.3 is 6.09 Å². The largest absolute Gasteiger partial charge is 0.445 e. The van der Waals surface area contributed by atoms with E-state index < -0.39 is 12.1 Å². The molecule has 0 spiro atoms. The Labute approximate surface area is 140 Å². The lowest BCUT2D eigenvalue weighted by Crippen LogP contribution is -2.33. The second kappa shape index (κ2) is 9.00. The molecular weight excluding hydrogens is 310 g/mol. The van der Waals surface area contributed by atoms with Gasteiger partial charge in [-0.25, -0.2) is 4.79 Å². The van der Waals surface area contributed by atoms with Crippen molar-refractivity contribution < 1.29 is 14.3 Å². The van der Waals surface area contributed by atoms with E-state index >= 15 is 0 Å². The van der Waals surface area contributed by atoms with E-state index in [2.05, 4.69) is 5.32 Å². The second-order valence-electron chi connectivity index (χ2n) is 4.80. The number of carbonyl (C=O) groups excluding carboxylic acids is 2. The van der Waals surface area contributed by atoms with E-state index in [1.807, 2.05) is 67.6 Å². The van der Waals surface area contributed by atoms with E-state index in [4.69, 9.17) is 4.74 Å². The van der Waals surface area contributed by atoms with Crippen LogP contribution in [0.5, 0.6) is 0 Å². The molecule has 1 unspecified atom stereocenters. The maximum atomic E-state index is 12.2. The molecule has 0 fully saturated rings. The van der Waals surface area contributed by atoms with Crippen LogP contribution < -0.4 is 5.32 Å². The van der Waals surface area contributed by atoms with Crippen molar-refractivity contribution in [1.82, 2.24) is 5.32 Å². The van der Waals surface area contributed by atoms with Crippen LogP contribution in [0.25, 0.3) is 0 Å². The van der Waals surface area contributed by atoms with Gasteiger partial charge < -0.3 is 10.1 Å². The van der Waals surface area contributed by atoms with Crippen LogP contribution in [0, 0.1) is 0 Å². The van der Waals surface area contributed by atoms with Crippen molar-refractivity contribution in [2.75, 3.05) is 5.75 Å². The summed E-state index contributed by atoms with van der Waals surface area (Å²) < 4.78 is 5.20. The average molecular weight is 329 g/mol. The Bertz CT molecular complexity index is 631. The minimum absolute atomic E-state index is 0.102. The molecule has 2 rings (SSSR count). The number of hydrogen-bond donors (Lipinski definition) is 1. The predicted octanol–water partition coefficient (Wildman–Crippen LogP) is 3.93. The fraction of sp³-hybridized carbons (Fsp3) is 0.222. The molecule has 1 amide bonds. The van der Waals surface area contributed by atoms with Crippen LogP contribution in [0.3, 0.4) is 0 Å². The molecule has 1 atom stereocenters. The molecule has 2 aromatic rings. The summed E-state index contributed by atoms with van der Waals surface area (Å²) >= 11 is 1.18. The van der Waals surface area contributed by atoms with E-state index in [0.29, 0.717) is 5.75 Å². The van der Waals surface area contributed by atoms with Gasteiger partial charge in [0, 0.05) is 0 Å². The molecule has 0 aliphatic rings. The zero-order valence-electron chi connectivity index (χ0n) is 12.9. The van der Waals surface area contributed by atoms with Crippen LogP contribution in [0.1, 0.15) is 24.1 Å². The molecule has 1 N–H and O–H groups in total. The van der Waals surface area contributed by atoms with Crippen molar-refractivity contribution in [2.24, 2.45) is 0 Å². The van der Waals surface area contributed by atoms with E-state index in [-0.39, 0.29) is 11.7 Å². The van der Waals surface area contributed by atoms with Crippen molar-refractivity contribution >= 4 is 23.0 Å². The van der Waals surface area contributed by atoms with Gasteiger partial charge in [-0.05, 0) is 16.9 Å². The Kier molecular flexibility index (Phi) is 6.69. The zero-order chi connectivity index (χ0) is 16.5. The molecular formula is C18H19NO3S. The summed E-state index contributed by atoms with van der Waals surface area (Å²) in [6.07, 6.45) is -0.604. The van der Waals surface area contributed by atoms with Gasteiger partial charge in [0.25, 0.3) is 0 Å². The highest BCUT2D eigenvalue weighted by atomic mass is 32.2. The molecule has 23 heavy (non-hydrogen) atoms. The van der Waals surface area contributed by atoms with Crippen LogP contribution in [0.2, 0.25) is 0 Å². The highest BCUT2D eigenvalue weighted by Gasteiger charge is 2.23. The third kappa shape index (κ3) is 5.45. The van der Waals surface area contributed by atoms with Gasteiger partial charge in [-0.3, -0.25) is 4.79 Å². The van der Waals surface area contributed by atoms with Gasteiger partial charge in [0.15, 0.2) is 0 Å². The minimum atomic E-state index is -0.704. The number of ether oxygens (including phenoxy) is 1. The Morgan fingerprint density at radius 3 is 2.26 bits per heavy atom. The van der Waals surface area contributed by atoms with Crippen molar-refractivity contribution in [3.63, 3.8) is 0 Å². The van der Waals surface area contributed by atoms with Crippen molar-refractivity contribution in [3.8, 4) is 0 Å². The topological polar surface area (TPSA) is 55.4 Å². The molecule has 0 radical (unpaired) electrons. The molecule has 0 saturated heterocycles. The van der Waals surface area contributed by atoms with E-state index in [0.717, 1.165) is 11.1 Å². The first-order valence-electron chi connectivity index (χ1n) is 7.39. The smallest absolute Gasteiger partial charge is 0.408 e. The fourth-order valence-corrected chi connectivity index (χ4v) is 2.68. The van der Waals surface area contributed by atoms with Gasteiger partial charge in [-0.1, -0.05) is 79.3 Å². The molecule has 4 nitrogen and oxygen atoms in total. The number of amides is 1. The van der Waals surface area contributed by atoms with Crippen LogP contribution in [-0.4, -0.2) is 17.0 Å². The first-order chi connectivity index (χ1) is 11.2. The number of carbonyl (C=O) groups is 2. The standard InChI is InChI=1S/C18H19NO3S/c1-2-23-17(20)16(15-11-7-4-8-12-15)19-18(21)22-13-14-9-5-3-6-10-14/h3-12,16H,2,13H2,1H3,(H,19,21). The molecule has 2 aromatic carbocycles. The number of hydrogen-bond acceptors (Lipinski definition) is 4. The Morgan fingerprint density at radius 1 is 1.04 bits per heavy atom. The van der Waals surface area contributed by atoms with Crippen molar-refractivity contribution in [2.45, 2.75) is 19.6 Å². The van der Waals surface area contributed by atoms with E-state index in [1.165, 1.54) is 11.8 Å². The number of thioether (sulfide) groups is 1. The fourth-order valence-electron chi connectivity index (χ4n) is 2.03. The highest BCUT2D eigenvalue weighted by Crippen LogP contribution is 2.20. The number of nitrogens with one attached hydrogen (secondary N) is 1. The lowest BCUT2D eigenvalue weighted by Gasteiger charge is -2.17. The summed E-state index contributed by atoms with van der Waals surface area (Å²) in [5, 5.41) is 2.56. The molecule has 0 bridgehead atoms. The quantitative estimate of drug-likeness (QED) is 0.872. The van der Waals surface area contributed by atoms with Crippen LogP contribution >= 0.6 is 11.8 Å². The number of rotatable bonds is 6. The molecule has 0 aliphatic heterocycles. The minimum Gasteiger partial charge on any atom is -0.445 e. The summed E-state index contributed by atoms with van der Waals surface area (Å²) in [7, 11) is 0. The van der Waals surface area contributed by atoms with Gasteiger partial charge in [-0.15, -0.1) is 0 Å². The van der Waals surface area contributed by atoms with Crippen LogP contribution in [0.4, 0.5) is 4.79 Å². The van der Waals surface area contributed by atoms with Crippen LogP contribution in [-0.2, 0) is 16.1 Å². The van der Waals surface area contributed by atoms with Crippen LogP contribution in [0.15, 0.2) is 60.7 Å². The molecule has 120 valence electrons. The maximum absolute atomic E-state index is 12.2. The molecule has 0 aromatic heterocycles. The van der Waals surface area contributed by atoms with Crippen molar-refractivity contribution in [1.29, 1.82) is 0 Å². The first kappa shape index (κ1) is 17.1. The van der Waals surface area contributed by atoms with Gasteiger partial charge in [-0.2, -0.15) is 0 Å². The summed E-state index contributed by atoms with van der Waals surface area (Å²) in [6.45, 7) is 2.07. The summed E-state index contributed by atoms with van der Waals surface area (Å²) in [4.78, 5) is 24.3. The highest BCUT2D eigenvalue weighted by molar-refractivity contribution is 8.13. The molecule has 5 heteroatoms. The summed E-state index contributed by atoms with van der Waals surface area (Å²) in [5.74, 6) is 0.656. The van der Waals surface area contributed by atoms with E-state index in [9.17, 15) is 9.59 Å². The molecule has 0 aliphatic carbocycles. The lowest BCUT2D eigenvalue weighted by atomic mass is 10.1. The third-order valence-corrected chi connectivity index (χ3v) is 3.94. The predicted molar refractivity (Wildman–Crippen MR) is 92.1 cm³/mol. The maximum Gasteiger partial charge on any atom is 0.408 e. The summed E-state index contributed by atoms with van der Waals surface area (Å²) in [5.41, 5.74) is 1.64. The second-order valence-corrected chi connectivity index (χ2v) is 6.07. The Morgan fingerprint density at radius 2 is 1.65 bits per heavy atom. The zero-order valence-corrected chi connectivity index (χ0v) is 13.7. The van der Waals surface area contributed by atoms with Crippen molar-refractivity contribution in [3.05, 3.63) is 71.8 Å². The molecule has 0 heterocycles. The monoisotopic (exact) mass is 329 g/mol. The number of alkyl carbamates (subject to hydrolysis) is 1. The van der Waals surface area contributed by atoms with E-state index in [1.54, 1.807) is 0 Å².